The van der Waals surface area contributed by atoms with E-state index in [1.807, 2.05) is 66.9 Å². The van der Waals surface area contributed by atoms with Crippen LogP contribution in [0.4, 0.5) is 0 Å². The summed E-state index contributed by atoms with van der Waals surface area (Å²) in [5.41, 5.74) is 6.50. The third-order valence-corrected chi connectivity index (χ3v) is 4.54. The predicted octanol–water partition coefficient (Wildman–Crippen LogP) is 4.96. The number of halogens is 1. The molecule has 0 atom stereocenters. The van der Waals surface area contributed by atoms with Gasteiger partial charge in [0.2, 0.25) is 0 Å². The summed E-state index contributed by atoms with van der Waals surface area (Å²) < 4.78 is 1.80. The fourth-order valence-corrected chi connectivity index (χ4v) is 2.97. The van der Waals surface area contributed by atoms with Crippen LogP contribution in [0.3, 0.4) is 0 Å². The number of hydrazone groups is 1. The minimum absolute atomic E-state index is 0.311. The van der Waals surface area contributed by atoms with Crippen molar-refractivity contribution in [3.8, 4) is 16.9 Å². The van der Waals surface area contributed by atoms with E-state index in [0.717, 1.165) is 22.5 Å². The molecule has 0 radical (unpaired) electrons. The molecule has 5 nitrogen and oxygen atoms in total. The fourth-order valence-electron chi connectivity index (χ4n) is 2.84. The molecule has 0 saturated heterocycles. The number of carbonyl (C=O) groups is 1. The molecule has 29 heavy (non-hydrogen) atoms. The molecular weight excluding hydrogens is 384 g/mol. The number of carbonyl (C=O) groups excluding carboxylic acids is 1. The van der Waals surface area contributed by atoms with Crippen LogP contribution in [-0.2, 0) is 0 Å². The zero-order valence-electron chi connectivity index (χ0n) is 15.4. The summed E-state index contributed by atoms with van der Waals surface area (Å²) in [5.74, 6) is -0.311. The first kappa shape index (κ1) is 18.7. The standard InChI is InChI=1S/C23H17ClN4O/c24-20-13-11-18(12-14-20)23(29)26-25-15-19-16-28(21-9-5-2-6-10-21)27-22(19)17-7-3-1-4-8-17/h1-16H,(H,26,29). The number of nitrogens with one attached hydrogen (secondary N) is 1. The molecule has 1 heterocycles. The highest BCUT2D eigenvalue weighted by Crippen LogP contribution is 2.22. The van der Waals surface area contributed by atoms with Crippen molar-refractivity contribution in [1.29, 1.82) is 0 Å². The molecule has 4 aromatic rings. The second kappa shape index (κ2) is 8.54. The van der Waals surface area contributed by atoms with Crippen molar-refractivity contribution in [2.75, 3.05) is 0 Å². The molecule has 0 saturated carbocycles. The van der Waals surface area contributed by atoms with Crippen LogP contribution in [0.25, 0.3) is 16.9 Å². The van der Waals surface area contributed by atoms with Crippen molar-refractivity contribution in [3.05, 3.63) is 107 Å². The van der Waals surface area contributed by atoms with Gasteiger partial charge in [0.1, 0.15) is 5.69 Å². The Morgan fingerprint density at radius 3 is 2.28 bits per heavy atom. The third-order valence-electron chi connectivity index (χ3n) is 4.29. The molecule has 142 valence electrons. The minimum Gasteiger partial charge on any atom is -0.267 e. The fraction of sp³-hybridized carbons (Fsp3) is 0. The SMILES string of the molecule is O=C(NN=Cc1cn(-c2ccccc2)nc1-c1ccccc1)c1ccc(Cl)cc1. The third kappa shape index (κ3) is 4.42. The van der Waals surface area contributed by atoms with Crippen molar-refractivity contribution in [3.63, 3.8) is 0 Å². The average molecular weight is 401 g/mol. The van der Waals surface area contributed by atoms with Gasteiger partial charge in [0.15, 0.2) is 0 Å². The monoisotopic (exact) mass is 400 g/mol. The lowest BCUT2D eigenvalue weighted by atomic mass is 10.1. The number of amides is 1. The second-order valence-corrected chi connectivity index (χ2v) is 6.72. The summed E-state index contributed by atoms with van der Waals surface area (Å²) in [6, 6.07) is 26.3. The van der Waals surface area contributed by atoms with Gasteiger partial charge < -0.3 is 0 Å². The van der Waals surface area contributed by atoms with E-state index in [1.165, 1.54) is 0 Å². The molecule has 0 aliphatic carbocycles. The number of aromatic nitrogens is 2. The summed E-state index contributed by atoms with van der Waals surface area (Å²) in [6.45, 7) is 0. The number of hydrogen-bond donors (Lipinski definition) is 1. The Hall–Kier alpha value is -3.70. The first-order valence-corrected chi connectivity index (χ1v) is 9.38. The van der Waals surface area contributed by atoms with E-state index in [1.54, 1.807) is 35.2 Å². The van der Waals surface area contributed by atoms with E-state index in [-0.39, 0.29) is 5.91 Å². The van der Waals surface area contributed by atoms with Gasteiger partial charge in [0.25, 0.3) is 5.91 Å². The summed E-state index contributed by atoms with van der Waals surface area (Å²) in [5, 5.41) is 9.41. The van der Waals surface area contributed by atoms with Crippen LogP contribution in [0.15, 0.2) is 96.2 Å². The molecule has 6 heteroatoms. The molecule has 0 bridgehead atoms. The quantitative estimate of drug-likeness (QED) is 0.380. The van der Waals surface area contributed by atoms with Crippen LogP contribution in [0.1, 0.15) is 15.9 Å². The molecule has 0 aliphatic rings. The lowest BCUT2D eigenvalue weighted by molar-refractivity contribution is 0.0955. The lowest BCUT2D eigenvalue weighted by Crippen LogP contribution is -2.17. The van der Waals surface area contributed by atoms with Crippen LogP contribution in [-0.4, -0.2) is 21.9 Å². The van der Waals surface area contributed by atoms with Crippen molar-refractivity contribution >= 4 is 23.7 Å². The summed E-state index contributed by atoms with van der Waals surface area (Å²) in [4.78, 5) is 12.2. The number of hydrogen-bond acceptors (Lipinski definition) is 3. The smallest absolute Gasteiger partial charge is 0.267 e. The summed E-state index contributed by atoms with van der Waals surface area (Å²) in [6.07, 6.45) is 3.48. The van der Waals surface area contributed by atoms with Crippen LogP contribution in [0.2, 0.25) is 5.02 Å². The number of nitrogens with zero attached hydrogens (tertiary/aromatic N) is 3. The Morgan fingerprint density at radius 1 is 0.931 bits per heavy atom. The van der Waals surface area contributed by atoms with Gasteiger partial charge in [-0.3, -0.25) is 4.79 Å². The number of rotatable bonds is 5. The number of para-hydroxylation sites is 1. The molecule has 1 aromatic heterocycles. The normalized spacial score (nSPS) is 10.9. The first-order chi connectivity index (χ1) is 14.2. The van der Waals surface area contributed by atoms with Crippen molar-refractivity contribution in [2.45, 2.75) is 0 Å². The Kier molecular flexibility index (Phi) is 5.49. The lowest BCUT2D eigenvalue weighted by Gasteiger charge is -2.00. The van der Waals surface area contributed by atoms with Crippen molar-refractivity contribution in [1.82, 2.24) is 15.2 Å². The van der Waals surface area contributed by atoms with Gasteiger partial charge in [-0.2, -0.15) is 10.2 Å². The molecule has 0 aliphatic heterocycles. The van der Waals surface area contributed by atoms with Gasteiger partial charge in [-0.1, -0.05) is 60.1 Å². The molecule has 0 unspecified atom stereocenters. The van der Waals surface area contributed by atoms with E-state index in [4.69, 9.17) is 16.7 Å². The maximum atomic E-state index is 12.2. The van der Waals surface area contributed by atoms with Gasteiger partial charge in [-0.15, -0.1) is 0 Å². The van der Waals surface area contributed by atoms with Gasteiger partial charge in [0, 0.05) is 27.9 Å². The van der Waals surface area contributed by atoms with E-state index < -0.39 is 0 Å². The van der Waals surface area contributed by atoms with Crippen LogP contribution in [0.5, 0.6) is 0 Å². The first-order valence-electron chi connectivity index (χ1n) is 9.00. The maximum Gasteiger partial charge on any atom is 0.271 e. The van der Waals surface area contributed by atoms with E-state index in [2.05, 4.69) is 10.5 Å². The Labute approximate surface area is 173 Å². The largest absolute Gasteiger partial charge is 0.271 e. The van der Waals surface area contributed by atoms with Crippen LogP contribution < -0.4 is 5.43 Å². The Balaban J connectivity index is 1.61. The molecule has 1 N–H and O–H groups in total. The highest BCUT2D eigenvalue weighted by molar-refractivity contribution is 6.30. The van der Waals surface area contributed by atoms with E-state index >= 15 is 0 Å². The molecule has 3 aromatic carbocycles. The average Bonchev–Trinajstić information content (AvgIpc) is 3.19. The molecule has 4 rings (SSSR count). The molecule has 1 amide bonds. The summed E-state index contributed by atoms with van der Waals surface area (Å²) >= 11 is 5.86. The molecular formula is C23H17ClN4O. The highest BCUT2D eigenvalue weighted by Gasteiger charge is 2.11. The Morgan fingerprint density at radius 2 is 1.59 bits per heavy atom. The topological polar surface area (TPSA) is 59.3 Å². The van der Waals surface area contributed by atoms with Gasteiger partial charge >= 0.3 is 0 Å². The van der Waals surface area contributed by atoms with Crippen molar-refractivity contribution < 1.29 is 4.79 Å². The van der Waals surface area contributed by atoms with Gasteiger partial charge in [-0.25, -0.2) is 10.1 Å². The van der Waals surface area contributed by atoms with E-state index in [9.17, 15) is 4.79 Å². The second-order valence-electron chi connectivity index (χ2n) is 6.29. The van der Waals surface area contributed by atoms with Crippen LogP contribution >= 0.6 is 11.6 Å². The molecule has 0 fully saturated rings. The molecule has 0 spiro atoms. The van der Waals surface area contributed by atoms with Gasteiger partial charge in [0.05, 0.1) is 11.9 Å². The predicted molar refractivity (Wildman–Crippen MR) is 116 cm³/mol. The highest BCUT2D eigenvalue weighted by atomic mass is 35.5. The minimum atomic E-state index is -0.311. The van der Waals surface area contributed by atoms with Crippen LogP contribution in [0, 0.1) is 0 Å². The summed E-state index contributed by atoms with van der Waals surface area (Å²) in [7, 11) is 0. The van der Waals surface area contributed by atoms with E-state index in [0.29, 0.717) is 10.6 Å². The zero-order chi connectivity index (χ0) is 20.1. The van der Waals surface area contributed by atoms with Crippen molar-refractivity contribution in [2.24, 2.45) is 5.10 Å². The zero-order valence-corrected chi connectivity index (χ0v) is 16.1. The Bertz CT molecular complexity index is 1140. The maximum absolute atomic E-state index is 12.2. The number of benzene rings is 3. The van der Waals surface area contributed by atoms with Gasteiger partial charge in [-0.05, 0) is 36.4 Å².